The summed E-state index contributed by atoms with van der Waals surface area (Å²) in [6.07, 6.45) is 11.0. The Kier molecular flexibility index (Phi) is 8.66. The van der Waals surface area contributed by atoms with Gasteiger partial charge in [0.2, 0.25) is 0 Å². The van der Waals surface area contributed by atoms with E-state index in [9.17, 15) is 0 Å². The van der Waals surface area contributed by atoms with E-state index in [1.165, 1.54) is 38.8 Å². The first-order valence-electron chi connectivity index (χ1n) is 9.79. The number of imidazole rings is 1. The van der Waals surface area contributed by atoms with Crippen molar-refractivity contribution in [1.29, 1.82) is 0 Å². The van der Waals surface area contributed by atoms with Crippen LogP contribution in [0, 0.1) is 11.8 Å². The summed E-state index contributed by atoms with van der Waals surface area (Å²) in [6.45, 7) is 7.96. The molecule has 2 fully saturated rings. The molecule has 2 atom stereocenters. The fraction of sp³-hybridized carbons (Fsp3) is 0.789. The Morgan fingerprint density at radius 3 is 2.65 bits per heavy atom. The molecule has 1 aromatic rings. The summed E-state index contributed by atoms with van der Waals surface area (Å²) in [6, 6.07) is 0.476. The molecule has 1 N–H and O–H groups in total. The van der Waals surface area contributed by atoms with E-state index in [0.29, 0.717) is 12.0 Å². The minimum atomic E-state index is 0. The maximum absolute atomic E-state index is 4.55. The van der Waals surface area contributed by atoms with Crippen molar-refractivity contribution in [3.8, 4) is 0 Å². The summed E-state index contributed by atoms with van der Waals surface area (Å²) in [5.41, 5.74) is 0. The molecular weight excluding hydrogens is 439 g/mol. The smallest absolute Gasteiger partial charge is 0.193 e. The summed E-state index contributed by atoms with van der Waals surface area (Å²) < 4.78 is 2.25. The molecule has 6 nitrogen and oxygen atoms in total. The molecule has 2 aliphatic heterocycles. The number of nitrogens with one attached hydrogen (secondary N) is 1. The van der Waals surface area contributed by atoms with Gasteiger partial charge in [0.25, 0.3) is 0 Å². The first-order valence-corrected chi connectivity index (χ1v) is 9.79. The lowest BCUT2D eigenvalue weighted by Crippen LogP contribution is -2.49. The zero-order chi connectivity index (χ0) is 17.6. The highest BCUT2D eigenvalue weighted by Gasteiger charge is 2.29. The number of nitrogens with zero attached hydrogens (tertiary/aromatic N) is 5. The van der Waals surface area contributed by atoms with Gasteiger partial charge in [-0.25, -0.2) is 4.98 Å². The number of hydrogen-bond acceptors (Lipinski definition) is 3. The lowest BCUT2D eigenvalue weighted by Gasteiger charge is -2.39. The number of piperidine rings is 2. The topological polar surface area (TPSA) is 48.7 Å². The molecule has 7 heteroatoms. The van der Waals surface area contributed by atoms with Gasteiger partial charge in [0.05, 0.1) is 12.4 Å². The second kappa shape index (κ2) is 10.5. The number of rotatable bonds is 4. The Labute approximate surface area is 175 Å². The van der Waals surface area contributed by atoms with Crippen molar-refractivity contribution >= 4 is 29.9 Å². The van der Waals surface area contributed by atoms with E-state index in [1.54, 1.807) is 0 Å². The zero-order valence-electron chi connectivity index (χ0n) is 16.5. The number of likely N-dealkylation sites (tertiary alicyclic amines) is 2. The molecule has 0 radical (unpaired) electrons. The van der Waals surface area contributed by atoms with Crippen molar-refractivity contribution in [3.63, 3.8) is 0 Å². The average Bonchev–Trinajstić information content (AvgIpc) is 3.15. The van der Waals surface area contributed by atoms with Gasteiger partial charge in [0.1, 0.15) is 0 Å². The van der Waals surface area contributed by atoms with Gasteiger partial charge >= 0.3 is 0 Å². The maximum Gasteiger partial charge on any atom is 0.193 e. The van der Waals surface area contributed by atoms with Gasteiger partial charge < -0.3 is 19.7 Å². The zero-order valence-corrected chi connectivity index (χ0v) is 18.8. The third-order valence-corrected chi connectivity index (χ3v) is 6.01. The van der Waals surface area contributed by atoms with Crippen LogP contribution in [0.25, 0.3) is 0 Å². The van der Waals surface area contributed by atoms with Gasteiger partial charge in [-0.3, -0.25) is 4.99 Å². The summed E-state index contributed by atoms with van der Waals surface area (Å²) >= 11 is 0. The predicted octanol–water partition coefficient (Wildman–Crippen LogP) is 2.69. The monoisotopic (exact) mass is 474 g/mol. The molecule has 1 aromatic heterocycles. The highest BCUT2D eigenvalue weighted by molar-refractivity contribution is 14.0. The van der Waals surface area contributed by atoms with Crippen molar-refractivity contribution < 1.29 is 0 Å². The quantitative estimate of drug-likeness (QED) is 0.414. The van der Waals surface area contributed by atoms with Gasteiger partial charge in [-0.05, 0) is 57.7 Å². The van der Waals surface area contributed by atoms with E-state index < -0.39 is 0 Å². The minimum absolute atomic E-state index is 0. The summed E-state index contributed by atoms with van der Waals surface area (Å²) in [5.74, 6) is 2.59. The molecule has 2 unspecified atom stereocenters. The van der Waals surface area contributed by atoms with Crippen molar-refractivity contribution in [2.24, 2.45) is 16.8 Å². The predicted molar refractivity (Wildman–Crippen MR) is 118 cm³/mol. The second-order valence-electron chi connectivity index (χ2n) is 7.80. The number of aliphatic imine (C=N–C) groups is 1. The highest BCUT2D eigenvalue weighted by Crippen LogP contribution is 2.27. The van der Waals surface area contributed by atoms with Crippen molar-refractivity contribution in [2.45, 2.75) is 38.6 Å². The van der Waals surface area contributed by atoms with Crippen LogP contribution in [-0.4, -0.2) is 72.1 Å². The number of aromatic nitrogens is 2. The van der Waals surface area contributed by atoms with Crippen LogP contribution in [0.2, 0.25) is 0 Å². The van der Waals surface area contributed by atoms with E-state index in [-0.39, 0.29) is 24.0 Å². The molecule has 26 heavy (non-hydrogen) atoms. The molecule has 0 saturated carbocycles. The van der Waals surface area contributed by atoms with Crippen molar-refractivity contribution in [1.82, 2.24) is 24.7 Å². The van der Waals surface area contributed by atoms with Crippen LogP contribution >= 0.6 is 24.0 Å². The summed E-state index contributed by atoms with van der Waals surface area (Å²) in [7, 11) is 4.13. The molecule has 3 rings (SSSR count). The number of hydrogen-bond donors (Lipinski definition) is 1. The van der Waals surface area contributed by atoms with Crippen molar-refractivity contribution in [2.75, 3.05) is 46.8 Å². The third-order valence-electron chi connectivity index (χ3n) is 6.01. The molecule has 0 amide bonds. The third kappa shape index (κ3) is 5.58. The largest absolute Gasteiger partial charge is 0.356 e. The van der Waals surface area contributed by atoms with Crippen LogP contribution in [-0.2, 0) is 0 Å². The van der Waals surface area contributed by atoms with Crippen LogP contribution in [0.5, 0.6) is 0 Å². The first kappa shape index (κ1) is 21.5. The fourth-order valence-electron chi connectivity index (χ4n) is 4.17. The number of halogens is 1. The Hall–Kier alpha value is -0.830. The minimum Gasteiger partial charge on any atom is -0.356 e. The van der Waals surface area contributed by atoms with Crippen LogP contribution in [0.3, 0.4) is 0 Å². The van der Waals surface area contributed by atoms with Crippen LogP contribution in [0.15, 0.2) is 23.7 Å². The van der Waals surface area contributed by atoms with Gasteiger partial charge in [-0.2, -0.15) is 0 Å². The Bertz CT molecular complexity index is 538. The highest BCUT2D eigenvalue weighted by atomic mass is 127. The Morgan fingerprint density at radius 2 is 2.00 bits per heavy atom. The van der Waals surface area contributed by atoms with E-state index in [1.807, 2.05) is 19.6 Å². The summed E-state index contributed by atoms with van der Waals surface area (Å²) in [4.78, 5) is 13.6. The van der Waals surface area contributed by atoms with Gasteiger partial charge in [-0.15, -0.1) is 24.0 Å². The molecular formula is C19H35IN6. The van der Waals surface area contributed by atoms with E-state index in [4.69, 9.17) is 0 Å². The molecule has 2 aliphatic rings. The van der Waals surface area contributed by atoms with E-state index in [0.717, 1.165) is 31.5 Å². The van der Waals surface area contributed by atoms with Gasteiger partial charge in [0.15, 0.2) is 5.96 Å². The first-order chi connectivity index (χ1) is 12.2. The molecule has 3 heterocycles. The average molecular weight is 474 g/mol. The molecule has 0 aliphatic carbocycles. The van der Waals surface area contributed by atoms with Crippen LogP contribution in [0.1, 0.15) is 38.6 Å². The molecule has 2 saturated heterocycles. The molecule has 0 bridgehead atoms. The van der Waals surface area contributed by atoms with E-state index >= 15 is 0 Å². The van der Waals surface area contributed by atoms with Gasteiger partial charge in [-0.1, -0.05) is 6.92 Å². The SMILES string of the molecule is CN=C(NCCC1CCN(C)CC1)N1CCC(C)C(n2ccnc2)C1.I. The molecule has 0 spiro atoms. The molecule has 148 valence electrons. The van der Waals surface area contributed by atoms with Gasteiger partial charge in [0, 0.05) is 39.1 Å². The normalized spacial score (nSPS) is 25.8. The lowest BCUT2D eigenvalue weighted by molar-refractivity contribution is 0.187. The van der Waals surface area contributed by atoms with Crippen LogP contribution < -0.4 is 5.32 Å². The summed E-state index contributed by atoms with van der Waals surface area (Å²) in [5, 5.41) is 3.62. The Balaban J connectivity index is 0.00000243. The Morgan fingerprint density at radius 1 is 1.23 bits per heavy atom. The second-order valence-corrected chi connectivity index (χ2v) is 7.80. The maximum atomic E-state index is 4.55. The lowest BCUT2D eigenvalue weighted by atomic mass is 9.93. The van der Waals surface area contributed by atoms with E-state index in [2.05, 4.69) is 49.8 Å². The number of guanidine groups is 1. The van der Waals surface area contributed by atoms with Crippen LogP contribution in [0.4, 0.5) is 0 Å². The van der Waals surface area contributed by atoms with Crippen molar-refractivity contribution in [3.05, 3.63) is 18.7 Å². The standard InChI is InChI=1S/C19H34N6.HI/c1-16-5-12-24(14-18(16)25-13-9-21-15-25)19(20-2)22-8-4-17-6-10-23(3)11-7-17;/h9,13,15-18H,4-8,10-12,14H2,1-3H3,(H,20,22);1H. The fourth-order valence-corrected chi connectivity index (χ4v) is 4.17. The molecule has 0 aromatic carbocycles.